The summed E-state index contributed by atoms with van der Waals surface area (Å²) in [6.45, 7) is 0.244. The fourth-order valence-electron chi connectivity index (χ4n) is 4.62. The summed E-state index contributed by atoms with van der Waals surface area (Å²) in [6, 6.07) is 25.3. The van der Waals surface area contributed by atoms with Gasteiger partial charge in [-0.15, -0.1) is 6.42 Å². The maximum absolute atomic E-state index is 5.60. The molecule has 3 heteroatoms. The molecule has 3 aromatic carbocycles. The van der Waals surface area contributed by atoms with E-state index in [2.05, 4.69) is 76.9 Å². The Kier molecular flexibility index (Phi) is 5.29. The third-order valence-corrected chi connectivity index (χ3v) is 6.11. The van der Waals surface area contributed by atoms with Crippen molar-refractivity contribution in [2.45, 2.75) is 18.4 Å². The van der Waals surface area contributed by atoms with Gasteiger partial charge in [-0.2, -0.15) is 0 Å². The molecule has 31 heavy (non-hydrogen) atoms. The molecule has 152 valence electrons. The van der Waals surface area contributed by atoms with Gasteiger partial charge in [-0.25, -0.2) is 0 Å². The van der Waals surface area contributed by atoms with Crippen LogP contribution in [0.2, 0.25) is 0 Å². The van der Waals surface area contributed by atoms with E-state index < -0.39 is 0 Å². The van der Waals surface area contributed by atoms with E-state index in [1.807, 2.05) is 30.5 Å². The molecule has 0 radical (unpaired) electrons. The van der Waals surface area contributed by atoms with Crippen molar-refractivity contribution in [1.82, 2.24) is 0 Å². The first-order valence-corrected chi connectivity index (χ1v) is 10.6. The highest BCUT2D eigenvalue weighted by molar-refractivity contribution is 5.85. The number of anilines is 1. The summed E-state index contributed by atoms with van der Waals surface area (Å²) in [7, 11) is 0. The van der Waals surface area contributed by atoms with Gasteiger partial charge in [0, 0.05) is 23.4 Å². The van der Waals surface area contributed by atoms with Crippen LogP contribution >= 0.6 is 0 Å². The van der Waals surface area contributed by atoms with Gasteiger partial charge in [0.2, 0.25) is 0 Å². The highest BCUT2D eigenvalue weighted by atomic mass is 16.5. The number of hydrogen-bond acceptors (Lipinski definition) is 3. The molecule has 1 aliphatic carbocycles. The lowest BCUT2D eigenvalue weighted by molar-refractivity contribution is 0.370. The largest absolute Gasteiger partial charge is 0.480 e. The molecule has 5 rings (SSSR count). The lowest BCUT2D eigenvalue weighted by atomic mass is 9.77. The van der Waals surface area contributed by atoms with Gasteiger partial charge < -0.3 is 10.1 Å². The van der Waals surface area contributed by atoms with Crippen LogP contribution in [-0.2, 0) is 0 Å². The van der Waals surface area contributed by atoms with E-state index in [1.54, 1.807) is 0 Å². The summed E-state index contributed by atoms with van der Waals surface area (Å²) >= 11 is 0. The molecule has 1 heterocycles. The van der Waals surface area contributed by atoms with E-state index in [4.69, 9.17) is 11.2 Å². The first-order valence-electron chi connectivity index (χ1n) is 10.6. The number of nitrogens with zero attached hydrogens (tertiary/aromatic N) is 1. The monoisotopic (exact) mass is 404 g/mol. The van der Waals surface area contributed by atoms with Crippen molar-refractivity contribution in [3.63, 3.8) is 0 Å². The Labute approximate surface area is 183 Å². The van der Waals surface area contributed by atoms with Crippen LogP contribution in [0.3, 0.4) is 0 Å². The predicted molar refractivity (Wildman–Crippen MR) is 127 cm³/mol. The summed E-state index contributed by atoms with van der Waals surface area (Å²) in [6.07, 6.45) is 12.9. The van der Waals surface area contributed by atoms with Crippen LogP contribution in [0.4, 0.5) is 11.4 Å². The van der Waals surface area contributed by atoms with E-state index in [0.29, 0.717) is 17.9 Å². The Hall–Kier alpha value is -3.77. The van der Waals surface area contributed by atoms with Crippen LogP contribution in [0.25, 0.3) is 0 Å². The second-order valence-corrected chi connectivity index (χ2v) is 7.94. The second kappa shape index (κ2) is 8.53. The quantitative estimate of drug-likeness (QED) is 0.309. The molecule has 3 nitrogen and oxygen atoms in total. The zero-order valence-electron chi connectivity index (χ0n) is 17.2. The topological polar surface area (TPSA) is 33.6 Å². The minimum absolute atomic E-state index is 0.244. The maximum Gasteiger partial charge on any atom is 0.148 e. The van der Waals surface area contributed by atoms with E-state index in [9.17, 15) is 0 Å². The Morgan fingerprint density at radius 2 is 1.84 bits per heavy atom. The lowest BCUT2D eigenvalue weighted by Crippen LogP contribution is -2.28. The van der Waals surface area contributed by atoms with E-state index >= 15 is 0 Å². The molecular formula is C28H24N2O. The average molecular weight is 405 g/mol. The maximum atomic E-state index is 5.60. The zero-order valence-corrected chi connectivity index (χ0v) is 17.2. The Morgan fingerprint density at radius 3 is 2.71 bits per heavy atom. The van der Waals surface area contributed by atoms with Crippen LogP contribution in [-0.4, -0.2) is 12.8 Å². The van der Waals surface area contributed by atoms with Gasteiger partial charge in [0.1, 0.15) is 12.4 Å². The van der Waals surface area contributed by atoms with Crippen molar-refractivity contribution >= 4 is 17.6 Å². The van der Waals surface area contributed by atoms with Gasteiger partial charge >= 0.3 is 0 Å². The smallest absolute Gasteiger partial charge is 0.148 e. The van der Waals surface area contributed by atoms with Gasteiger partial charge in [0.15, 0.2) is 0 Å². The molecule has 1 aliphatic heterocycles. The van der Waals surface area contributed by atoms with Gasteiger partial charge in [-0.05, 0) is 53.8 Å². The van der Waals surface area contributed by atoms with Crippen molar-refractivity contribution in [3.8, 4) is 18.1 Å². The number of allylic oxidation sites excluding steroid dienone is 2. The van der Waals surface area contributed by atoms with Crippen molar-refractivity contribution < 1.29 is 4.74 Å². The van der Waals surface area contributed by atoms with Crippen LogP contribution in [0.1, 0.15) is 35.1 Å². The average Bonchev–Trinajstić information content (AvgIpc) is 3.32. The number of hydrogen-bond donors (Lipinski definition) is 1. The first kappa shape index (κ1) is 19.2. The molecule has 0 spiro atoms. The van der Waals surface area contributed by atoms with Gasteiger partial charge in [-0.1, -0.05) is 60.5 Å². The Balaban J connectivity index is 1.36. The van der Waals surface area contributed by atoms with E-state index in [1.165, 1.54) is 16.8 Å². The minimum Gasteiger partial charge on any atom is -0.480 e. The Morgan fingerprint density at radius 1 is 1.03 bits per heavy atom. The molecule has 1 N–H and O–H groups in total. The molecule has 0 saturated carbocycles. The molecule has 0 bridgehead atoms. The third-order valence-electron chi connectivity index (χ3n) is 6.11. The summed E-state index contributed by atoms with van der Waals surface area (Å²) in [5, 5.41) is 3.78. The zero-order chi connectivity index (χ0) is 21.0. The van der Waals surface area contributed by atoms with Crippen molar-refractivity contribution in [1.29, 1.82) is 0 Å². The number of ether oxygens (including phenoxy) is 1. The van der Waals surface area contributed by atoms with E-state index in [0.717, 1.165) is 23.4 Å². The normalized spacial score (nSPS) is 21.2. The standard InChI is InChI=1S/C28H24N2O/c1-2-18-31-27-13-6-3-8-21(27)19-29-22-16-14-20(15-17-22)28-25-11-7-10-23(25)24-9-4-5-12-26(24)30-28/h1,3-10,12-17,19,23,25,28,30H,11,18H2/t23-,25+,28-/m0/s1. The van der Waals surface area contributed by atoms with Gasteiger partial charge in [-0.3, -0.25) is 4.99 Å². The molecule has 0 amide bonds. The number of fused-ring (bicyclic) bond motifs is 3. The number of benzene rings is 3. The minimum atomic E-state index is 0.244. The number of nitrogens with one attached hydrogen (secondary N) is 1. The third kappa shape index (κ3) is 3.85. The Bertz CT molecular complexity index is 1170. The molecule has 0 aromatic heterocycles. The van der Waals surface area contributed by atoms with Crippen LogP contribution in [0.5, 0.6) is 5.75 Å². The first-order chi connectivity index (χ1) is 15.3. The summed E-state index contributed by atoms with van der Waals surface area (Å²) in [4.78, 5) is 4.64. The van der Waals surface area contributed by atoms with Crippen molar-refractivity contribution in [2.24, 2.45) is 10.9 Å². The summed E-state index contributed by atoms with van der Waals surface area (Å²) in [5.41, 5.74) is 5.76. The van der Waals surface area contributed by atoms with Crippen LogP contribution in [0.15, 0.2) is 89.9 Å². The second-order valence-electron chi connectivity index (χ2n) is 7.94. The fraction of sp³-hybridized carbons (Fsp3) is 0.179. The summed E-state index contributed by atoms with van der Waals surface area (Å²) < 4.78 is 5.60. The summed E-state index contributed by atoms with van der Waals surface area (Å²) in [5.74, 6) is 4.27. The highest BCUT2D eigenvalue weighted by Gasteiger charge is 2.37. The molecule has 0 unspecified atom stereocenters. The lowest BCUT2D eigenvalue weighted by Gasteiger charge is -2.37. The number of aliphatic imine (C=N–C) groups is 1. The number of para-hydroxylation sites is 2. The number of rotatable bonds is 5. The predicted octanol–water partition coefficient (Wildman–Crippen LogP) is 6.28. The van der Waals surface area contributed by atoms with Gasteiger partial charge in [0.25, 0.3) is 0 Å². The molecule has 3 atom stereocenters. The number of terminal acetylenes is 1. The molecule has 0 saturated heterocycles. The van der Waals surface area contributed by atoms with E-state index in [-0.39, 0.29) is 6.61 Å². The highest BCUT2D eigenvalue weighted by Crippen LogP contribution is 2.49. The SMILES string of the molecule is C#CCOc1ccccc1C=Nc1ccc([C@@H]2Nc3ccccc3[C@@H]3C=CC[C@H]32)cc1. The van der Waals surface area contributed by atoms with Crippen molar-refractivity contribution in [3.05, 3.63) is 102 Å². The van der Waals surface area contributed by atoms with Crippen molar-refractivity contribution in [2.75, 3.05) is 11.9 Å². The fourth-order valence-corrected chi connectivity index (χ4v) is 4.62. The van der Waals surface area contributed by atoms with Crippen LogP contribution in [0, 0.1) is 18.3 Å². The molecule has 0 fully saturated rings. The molecular weight excluding hydrogens is 380 g/mol. The van der Waals surface area contributed by atoms with Crippen LogP contribution < -0.4 is 10.1 Å². The molecule has 3 aromatic rings. The molecule has 2 aliphatic rings. The van der Waals surface area contributed by atoms with Gasteiger partial charge in [0.05, 0.1) is 11.7 Å².